The third kappa shape index (κ3) is 5.88. The van der Waals surface area contributed by atoms with E-state index in [-0.39, 0.29) is 13.8 Å². The minimum Gasteiger partial charge on any atom is -0.460 e. The average molecular weight is 373 g/mol. The van der Waals surface area contributed by atoms with E-state index < -0.39 is 35.0 Å². The number of carbonyl (C=O) groups excluding carboxylic acids is 4. The lowest BCUT2D eigenvalue weighted by molar-refractivity contribution is -0.154. The lowest BCUT2D eigenvalue weighted by Crippen LogP contribution is -2.32. The molecule has 0 aliphatic heterocycles. The summed E-state index contributed by atoms with van der Waals surface area (Å²) in [6.45, 7) is 7.29. The Bertz CT molecular complexity index is 768. The van der Waals surface area contributed by atoms with Crippen LogP contribution >= 0.6 is 0 Å². The number of amides is 1. The van der Waals surface area contributed by atoms with Crippen LogP contribution in [0.2, 0.25) is 0 Å². The molecule has 1 aliphatic carbocycles. The van der Waals surface area contributed by atoms with E-state index >= 15 is 0 Å². The summed E-state index contributed by atoms with van der Waals surface area (Å²) in [5.74, 6) is -3.54. The summed E-state index contributed by atoms with van der Waals surface area (Å²) in [6, 6.07) is 5.35. The Morgan fingerprint density at radius 2 is 1.70 bits per heavy atom. The van der Waals surface area contributed by atoms with Crippen molar-refractivity contribution in [2.24, 2.45) is 5.92 Å². The monoisotopic (exact) mass is 373 g/mol. The summed E-state index contributed by atoms with van der Waals surface area (Å²) >= 11 is 0. The number of anilines is 1. The van der Waals surface area contributed by atoms with Gasteiger partial charge in [-0.25, -0.2) is 0 Å². The summed E-state index contributed by atoms with van der Waals surface area (Å²) in [6.07, 6.45) is 2.92. The first-order valence-corrected chi connectivity index (χ1v) is 8.51. The van der Waals surface area contributed by atoms with Crippen LogP contribution < -0.4 is 5.32 Å². The van der Waals surface area contributed by atoms with Gasteiger partial charge < -0.3 is 10.1 Å². The van der Waals surface area contributed by atoms with Gasteiger partial charge in [0, 0.05) is 5.69 Å². The zero-order valence-corrected chi connectivity index (χ0v) is 15.4. The second-order valence-corrected chi connectivity index (χ2v) is 7.17. The van der Waals surface area contributed by atoms with Crippen molar-refractivity contribution in [2.75, 3.05) is 5.32 Å². The first kappa shape index (κ1) is 22.3. The second-order valence-electron chi connectivity index (χ2n) is 7.17. The molecule has 1 N–H and O–H groups in total. The van der Waals surface area contributed by atoms with E-state index in [1.54, 1.807) is 32.9 Å². The van der Waals surface area contributed by atoms with Gasteiger partial charge >= 0.3 is 5.97 Å². The molecule has 6 nitrogen and oxygen atoms in total. The Hall–Kier alpha value is -2.76. The van der Waals surface area contributed by atoms with Crippen LogP contribution in [0.25, 0.3) is 0 Å². The SMILES string of the molecule is C.CCc1ccc(CC(=O)OC(C)(C)C)c(NC(=O)C2C(=O)C=CC2=O)c1. The standard InChI is InChI=1S/C20H23NO5.CH4/c1-5-12-6-7-13(11-17(24)26-20(2,3)4)14(10-12)21-19(25)18-15(22)8-9-16(18)23;/h6-10,18H,5,11H2,1-4H3,(H,21,25);1H4. The van der Waals surface area contributed by atoms with Gasteiger partial charge in [0.15, 0.2) is 17.5 Å². The Morgan fingerprint density at radius 1 is 1.11 bits per heavy atom. The molecule has 0 saturated carbocycles. The molecule has 2 rings (SSSR count). The molecule has 27 heavy (non-hydrogen) atoms. The van der Waals surface area contributed by atoms with Crippen molar-refractivity contribution in [3.05, 3.63) is 41.5 Å². The molecule has 0 radical (unpaired) electrons. The third-order valence-electron chi connectivity index (χ3n) is 3.84. The van der Waals surface area contributed by atoms with Crippen LogP contribution in [0, 0.1) is 5.92 Å². The molecule has 1 amide bonds. The summed E-state index contributed by atoms with van der Waals surface area (Å²) in [7, 11) is 0. The van der Waals surface area contributed by atoms with Crippen molar-refractivity contribution in [2.45, 2.75) is 53.6 Å². The van der Waals surface area contributed by atoms with Gasteiger partial charge in [0.25, 0.3) is 0 Å². The maximum Gasteiger partial charge on any atom is 0.310 e. The van der Waals surface area contributed by atoms with Gasteiger partial charge in [0.05, 0.1) is 6.42 Å². The number of allylic oxidation sites excluding steroid dienone is 2. The quantitative estimate of drug-likeness (QED) is 0.633. The van der Waals surface area contributed by atoms with Crippen molar-refractivity contribution < 1.29 is 23.9 Å². The average Bonchev–Trinajstić information content (AvgIpc) is 2.86. The molecule has 0 bridgehead atoms. The van der Waals surface area contributed by atoms with Gasteiger partial charge in [-0.1, -0.05) is 26.5 Å². The van der Waals surface area contributed by atoms with Crippen molar-refractivity contribution >= 4 is 29.1 Å². The number of hydrogen-bond acceptors (Lipinski definition) is 5. The van der Waals surface area contributed by atoms with Crippen molar-refractivity contribution in [3.8, 4) is 0 Å². The molecule has 0 saturated heterocycles. The summed E-state index contributed by atoms with van der Waals surface area (Å²) < 4.78 is 5.32. The molecule has 146 valence electrons. The highest BCUT2D eigenvalue weighted by atomic mass is 16.6. The number of esters is 1. The van der Waals surface area contributed by atoms with Gasteiger partial charge in [-0.2, -0.15) is 0 Å². The van der Waals surface area contributed by atoms with Crippen LogP contribution in [0.4, 0.5) is 5.69 Å². The van der Waals surface area contributed by atoms with Gasteiger partial charge in [0.2, 0.25) is 5.91 Å². The van der Waals surface area contributed by atoms with E-state index in [4.69, 9.17) is 4.74 Å². The number of rotatable bonds is 5. The fourth-order valence-corrected chi connectivity index (χ4v) is 2.61. The lowest BCUT2D eigenvalue weighted by atomic mass is 10.0. The van der Waals surface area contributed by atoms with Crippen LogP contribution in [0.15, 0.2) is 30.4 Å². The van der Waals surface area contributed by atoms with Crippen molar-refractivity contribution in [3.63, 3.8) is 0 Å². The van der Waals surface area contributed by atoms with E-state index in [9.17, 15) is 19.2 Å². The van der Waals surface area contributed by atoms with Crippen LogP contribution in [0.5, 0.6) is 0 Å². The van der Waals surface area contributed by atoms with Crippen molar-refractivity contribution in [1.29, 1.82) is 0 Å². The van der Waals surface area contributed by atoms with Gasteiger partial charge in [-0.05, 0) is 56.5 Å². The van der Waals surface area contributed by atoms with Crippen LogP contribution in [-0.4, -0.2) is 29.0 Å². The van der Waals surface area contributed by atoms with E-state index in [1.165, 1.54) is 0 Å². The van der Waals surface area contributed by atoms with Gasteiger partial charge in [-0.15, -0.1) is 0 Å². The molecule has 0 aromatic heterocycles. The van der Waals surface area contributed by atoms with Crippen LogP contribution in [-0.2, 0) is 36.8 Å². The number of carbonyl (C=O) groups is 4. The highest BCUT2D eigenvalue weighted by molar-refractivity contribution is 6.31. The predicted octanol–water partition coefficient (Wildman–Crippen LogP) is 3.03. The lowest BCUT2D eigenvalue weighted by Gasteiger charge is -2.20. The van der Waals surface area contributed by atoms with E-state index in [0.717, 1.165) is 24.1 Å². The zero-order valence-electron chi connectivity index (χ0n) is 15.4. The summed E-state index contributed by atoms with van der Waals surface area (Å²) in [5, 5.41) is 2.63. The summed E-state index contributed by atoms with van der Waals surface area (Å²) in [4.78, 5) is 48.0. The normalized spacial score (nSPS) is 14.1. The molecule has 1 aliphatic rings. The molecule has 0 atom stereocenters. The molecular formula is C21H27NO5. The first-order chi connectivity index (χ1) is 12.1. The van der Waals surface area contributed by atoms with Crippen LogP contribution in [0.3, 0.4) is 0 Å². The topological polar surface area (TPSA) is 89.5 Å². The third-order valence-corrected chi connectivity index (χ3v) is 3.84. The molecule has 0 heterocycles. The Morgan fingerprint density at radius 3 is 2.22 bits per heavy atom. The highest BCUT2D eigenvalue weighted by Gasteiger charge is 2.35. The van der Waals surface area contributed by atoms with E-state index in [0.29, 0.717) is 11.3 Å². The van der Waals surface area contributed by atoms with Gasteiger partial charge in [0.1, 0.15) is 5.60 Å². The van der Waals surface area contributed by atoms with Gasteiger partial charge in [-0.3, -0.25) is 19.2 Å². The number of ether oxygens (including phenoxy) is 1. The fourth-order valence-electron chi connectivity index (χ4n) is 2.61. The second kappa shape index (κ2) is 8.75. The van der Waals surface area contributed by atoms with Crippen molar-refractivity contribution in [1.82, 2.24) is 0 Å². The number of ketones is 2. The first-order valence-electron chi connectivity index (χ1n) is 8.51. The largest absolute Gasteiger partial charge is 0.460 e. The van der Waals surface area contributed by atoms with E-state index in [2.05, 4.69) is 5.32 Å². The minimum absolute atomic E-state index is 0. The van der Waals surface area contributed by atoms with Crippen LogP contribution in [0.1, 0.15) is 46.2 Å². The Labute approximate surface area is 160 Å². The number of aryl methyl sites for hydroxylation is 1. The molecule has 0 fully saturated rings. The maximum absolute atomic E-state index is 12.4. The van der Waals surface area contributed by atoms with E-state index in [1.807, 2.05) is 13.0 Å². The Balaban J connectivity index is 0.00000364. The molecule has 0 spiro atoms. The number of benzene rings is 1. The maximum atomic E-state index is 12.4. The minimum atomic E-state index is -1.35. The molecule has 6 heteroatoms. The number of nitrogens with one attached hydrogen (secondary N) is 1. The zero-order chi connectivity index (χ0) is 19.5. The predicted molar refractivity (Wildman–Crippen MR) is 103 cm³/mol. The molecule has 0 unspecified atom stereocenters. The summed E-state index contributed by atoms with van der Waals surface area (Å²) in [5.41, 5.74) is 1.32. The Kier molecular flexibility index (Phi) is 7.22. The molecular weight excluding hydrogens is 346 g/mol. The smallest absolute Gasteiger partial charge is 0.310 e. The molecule has 1 aromatic carbocycles. The highest BCUT2D eigenvalue weighted by Crippen LogP contribution is 2.22. The number of hydrogen-bond donors (Lipinski definition) is 1. The fraction of sp³-hybridized carbons (Fsp3) is 0.429. The molecule has 1 aromatic rings.